The summed E-state index contributed by atoms with van der Waals surface area (Å²) in [6.07, 6.45) is 4.31. The number of carbonyl (C=O) groups is 1. The van der Waals surface area contributed by atoms with E-state index in [9.17, 15) is 4.79 Å². The normalized spacial score (nSPS) is 21.9. The highest BCUT2D eigenvalue weighted by atomic mass is 16.5. The summed E-state index contributed by atoms with van der Waals surface area (Å²) in [4.78, 5) is 10.8. The van der Waals surface area contributed by atoms with Crippen molar-refractivity contribution < 1.29 is 9.53 Å². The van der Waals surface area contributed by atoms with Crippen LogP contribution in [-0.4, -0.2) is 38.8 Å². The van der Waals surface area contributed by atoms with Crippen LogP contribution in [0.15, 0.2) is 0 Å². The Kier molecular flexibility index (Phi) is 5.56. The number of nitrogens with one attached hydrogen (secondary N) is 2. The molecule has 1 fully saturated rings. The lowest BCUT2D eigenvalue weighted by Crippen LogP contribution is -2.42. The Morgan fingerprint density at radius 2 is 2.43 bits per heavy atom. The number of piperidine rings is 1. The summed E-state index contributed by atoms with van der Waals surface area (Å²) in [6.45, 7) is 2.80. The minimum absolute atomic E-state index is 0.144. The van der Waals surface area contributed by atoms with Gasteiger partial charge in [-0.2, -0.15) is 0 Å². The fourth-order valence-electron chi connectivity index (χ4n) is 1.67. The topological polar surface area (TPSA) is 50.4 Å². The second-order valence-electron chi connectivity index (χ2n) is 3.68. The molecule has 0 aromatic carbocycles. The standard InChI is InChI=1S/C10H20N2O2/c1-14-10(13)5-7-11-8-9-4-2-3-6-12-9/h9,11-12H,2-8H2,1H3. The van der Waals surface area contributed by atoms with Crippen molar-refractivity contribution in [1.82, 2.24) is 10.6 Å². The van der Waals surface area contributed by atoms with Crippen molar-refractivity contribution in [2.24, 2.45) is 0 Å². The second-order valence-corrected chi connectivity index (χ2v) is 3.68. The van der Waals surface area contributed by atoms with Gasteiger partial charge in [0.05, 0.1) is 13.5 Å². The maximum Gasteiger partial charge on any atom is 0.306 e. The van der Waals surface area contributed by atoms with E-state index in [0.717, 1.165) is 13.1 Å². The Hall–Kier alpha value is -0.610. The van der Waals surface area contributed by atoms with Crippen molar-refractivity contribution in [3.63, 3.8) is 0 Å². The molecule has 0 aliphatic carbocycles. The van der Waals surface area contributed by atoms with Crippen molar-refractivity contribution in [2.45, 2.75) is 31.7 Å². The highest BCUT2D eigenvalue weighted by molar-refractivity contribution is 5.69. The van der Waals surface area contributed by atoms with Gasteiger partial charge in [0.25, 0.3) is 0 Å². The molecule has 1 unspecified atom stereocenters. The van der Waals surface area contributed by atoms with Crippen molar-refractivity contribution in [1.29, 1.82) is 0 Å². The van der Waals surface area contributed by atoms with Crippen molar-refractivity contribution in [3.8, 4) is 0 Å². The third-order valence-electron chi connectivity index (χ3n) is 2.54. The first-order valence-electron chi connectivity index (χ1n) is 5.34. The molecule has 14 heavy (non-hydrogen) atoms. The van der Waals surface area contributed by atoms with Gasteiger partial charge < -0.3 is 15.4 Å². The third-order valence-corrected chi connectivity index (χ3v) is 2.54. The summed E-state index contributed by atoms with van der Waals surface area (Å²) >= 11 is 0. The highest BCUT2D eigenvalue weighted by Crippen LogP contribution is 2.05. The first-order valence-corrected chi connectivity index (χ1v) is 5.34. The van der Waals surface area contributed by atoms with Crippen LogP contribution >= 0.6 is 0 Å². The highest BCUT2D eigenvalue weighted by Gasteiger charge is 2.11. The molecule has 1 aliphatic heterocycles. The minimum atomic E-state index is -0.144. The lowest BCUT2D eigenvalue weighted by Gasteiger charge is -2.23. The fourth-order valence-corrected chi connectivity index (χ4v) is 1.67. The van der Waals surface area contributed by atoms with E-state index in [2.05, 4.69) is 15.4 Å². The monoisotopic (exact) mass is 200 g/mol. The maximum atomic E-state index is 10.8. The molecule has 1 aliphatic rings. The van der Waals surface area contributed by atoms with Gasteiger partial charge in [-0.05, 0) is 19.4 Å². The van der Waals surface area contributed by atoms with Crippen molar-refractivity contribution in [2.75, 3.05) is 26.7 Å². The Morgan fingerprint density at radius 1 is 1.57 bits per heavy atom. The number of carbonyl (C=O) groups excluding carboxylic acids is 1. The molecule has 0 saturated carbocycles. The van der Waals surface area contributed by atoms with Crippen LogP contribution in [0.5, 0.6) is 0 Å². The van der Waals surface area contributed by atoms with Crippen molar-refractivity contribution in [3.05, 3.63) is 0 Å². The van der Waals surface area contributed by atoms with Crippen LogP contribution in [0.2, 0.25) is 0 Å². The summed E-state index contributed by atoms with van der Waals surface area (Å²) < 4.78 is 4.55. The van der Waals surface area contributed by atoms with Gasteiger partial charge in [0.15, 0.2) is 0 Å². The van der Waals surface area contributed by atoms with E-state index in [4.69, 9.17) is 0 Å². The Labute approximate surface area is 85.4 Å². The van der Waals surface area contributed by atoms with E-state index >= 15 is 0 Å². The van der Waals surface area contributed by atoms with E-state index in [1.807, 2.05) is 0 Å². The average molecular weight is 200 g/mol. The molecule has 0 amide bonds. The number of esters is 1. The minimum Gasteiger partial charge on any atom is -0.469 e. The fraction of sp³-hybridized carbons (Fsp3) is 0.900. The van der Waals surface area contributed by atoms with Gasteiger partial charge in [-0.25, -0.2) is 0 Å². The molecule has 82 valence electrons. The molecule has 4 nitrogen and oxygen atoms in total. The van der Waals surface area contributed by atoms with Gasteiger partial charge in [-0.15, -0.1) is 0 Å². The first-order chi connectivity index (χ1) is 6.83. The second kappa shape index (κ2) is 6.79. The molecular weight excluding hydrogens is 180 g/mol. The Morgan fingerprint density at radius 3 is 3.07 bits per heavy atom. The molecule has 0 radical (unpaired) electrons. The summed E-state index contributed by atoms with van der Waals surface area (Å²) in [6, 6.07) is 0.585. The quantitative estimate of drug-likeness (QED) is 0.494. The van der Waals surface area contributed by atoms with E-state index in [-0.39, 0.29) is 5.97 Å². The van der Waals surface area contributed by atoms with Gasteiger partial charge in [0.2, 0.25) is 0 Å². The van der Waals surface area contributed by atoms with Gasteiger partial charge in [0.1, 0.15) is 0 Å². The molecule has 4 heteroatoms. The van der Waals surface area contributed by atoms with Crippen LogP contribution in [0, 0.1) is 0 Å². The van der Waals surface area contributed by atoms with Crippen LogP contribution in [0.1, 0.15) is 25.7 Å². The number of hydrogen-bond acceptors (Lipinski definition) is 4. The number of rotatable bonds is 5. The molecule has 1 atom stereocenters. The predicted molar refractivity (Wildman–Crippen MR) is 55.1 cm³/mol. The molecule has 1 heterocycles. The zero-order valence-corrected chi connectivity index (χ0v) is 8.84. The first kappa shape index (κ1) is 11.5. The van der Waals surface area contributed by atoms with Gasteiger partial charge >= 0.3 is 5.97 Å². The summed E-state index contributed by atoms with van der Waals surface area (Å²) in [5, 5.41) is 6.70. The van der Waals surface area contributed by atoms with Crippen LogP contribution in [0.3, 0.4) is 0 Å². The van der Waals surface area contributed by atoms with Crippen LogP contribution in [-0.2, 0) is 9.53 Å². The molecule has 0 aromatic rings. The Bertz CT molecular complexity index is 168. The van der Waals surface area contributed by atoms with Crippen LogP contribution in [0.25, 0.3) is 0 Å². The predicted octanol–water partition coefficient (Wildman–Crippen LogP) is 0.281. The third kappa shape index (κ3) is 4.58. The molecule has 0 aromatic heterocycles. The van der Waals surface area contributed by atoms with E-state index < -0.39 is 0 Å². The van der Waals surface area contributed by atoms with Crippen LogP contribution in [0.4, 0.5) is 0 Å². The maximum absolute atomic E-state index is 10.8. The van der Waals surface area contributed by atoms with E-state index in [1.165, 1.54) is 26.4 Å². The average Bonchev–Trinajstić information content (AvgIpc) is 2.25. The molecular formula is C10H20N2O2. The molecule has 1 saturated heterocycles. The Balaban J connectivity index is 1.94. The number of hydrogen-bond donors (Lipinski definition) is 2. The molecule has 1 rings (SSSR count). The summed E-state index contributed by atoms with van der Waals surface area (Å²) in [7, 11) is 1.42. The smallest absolute Gasteiger partial charge is 0.306 e. The van der Waals surface area contributed by atoms with Crippen molar-refractivity contribution >= 4 is 5.97 Å². The van der Waals surface area contributed by atoms with Gasteiger partial charge in [-0.1, -0.05) is 6.42 Å². The number of ether oxygens (including phenoxy) is 1. The SMILES string of the molecule is COC(=O)CCNCC1CCCCN1. The van der Waals surface area contributed by atoms with Gasteiger partial charge in [-0.3, -0.25) is 4.79 Å². The lowest BCUT2D eigenvalue weighted by atomic mass is 10.1. The molecule has 0 spiro atoms. The molecule has 0 bridgehead atoms. The zero-order valence-electron chi connectivity index (χ0n) is 8.84. The molecule has 2 N–H and O–H groups in total. The summed E-state index contributed by atoms with van der Waals surface area (Å²) in [5.74, 6) is -0.144. The lowest BCUT2D eigenvalue weighted by molar-refractivity contribution is -0.140. The van der Waals surface area contributed by atoms with E-state index in [1.54, 1.807) is 0 Å². The largest absolute Gasteiger partial charge is 0.469 e. The zero-order chi connectivity index (χ0) is 10.2. The summed E-state index contributed by atoms with van der Waals surface area (Å²) in [5.41, 5.74) is 0. The van der Waals surface area contributed by atoms with Crippen LogP contribution < -0.4 is 10.6 Å². The van der Waals surface area contributed by atoms with Gasteiger partial charge in [0, 0.05) is 19.1 Å². The van der Waals surface area contributed by atoms with E-state index in [0.29, 0.717) is 19.0 Å². The number of methoxy groups -OCH3 is 1.